The van der Waals surface area contributed by atoms with E-state index in [4.69, 9.17) is 9.47 Å². The summed E-state index contributed by atoms with van der Waals surface area (Å²) in [5.41, 5.74) is -1.11. The molecule has 0 aromatic rings. The smallest absolute Gasteiger partial charge is 0.323 e. The van der Waals surface area contributed by atoms with Gasteiger partial charge in [0.1, 0.15) is 0 Å². The van der Waals surface area contributed by atoms with Crippen LogP contribution in [0, 0.1) is 11.3 Å². The number of carbonyl (C=O) groups excluding carboxylic acids is 2. The van der Waals surface area contributed by atoms with Gasteiger partial charge >= 0.3 is 11.9 Å². The van der Waals surface area contributed by atoms with E-state index in [1.165, 1.54) is 32.1 Å². The molecule has 0 aliphatic heterocycles. The second-order valence-electron chi connectivity index (χ2n) is 6.27. The Labute approximate surface area is 134 Å². The number of ether oxygens (including phenoxy) is 2. The minimum Gasteiger partial charge on any atom is -0.465 e. The molecule has 1 aliphatic carbocycles. The topological polar surface area (TPSA) is 52.6 Å². The molecule has 22 heavy (non-hydrogen) atoms. The Morgan fingerprint density at radius 2 is 1.50 bits per heavy atom. The quantitative estimate of drug-likeness (QED) is 0.471. The lowest BCUT2D eigenvalue weighted by Crippen LogP contribution is -2.41. The lowest BCUT2D eigenvalue weighted by molar-refractivity contribution is -0.173. The molecule has 0 aromatic heterocycles. The fourth-order valence-corrected chi connectivity index (χ4v) is 3.46. The fourth-order valence-electron chi connectivity index (χ4n) is 3.46. The van der Waals surface area contributed by atoms with Crippen molar-refractivity contribution in [1.29, 1.82) is 0 Å². The lowest BCUT2D eigenvalue weighted by Gasteiger charge is -2.29. The van der Waals surface area contributed by atoms with Crippen LogP contribution in [0.1, 0.15) is 78.6 Å². The van der Waals surface area contributed by atoms with Gasteiger partial charge in [-0.25, -0.2) is 0 Å². The van der Waals surface area contributed by atoms with Crippen molar-refractivity contribution < 1.29 is 19.1 Å². The van der Waals surface area contributed by atoms with Crippen LogP contribution in [0.4, 0.5) is 0 Å². The van der Waals surface area contributed by atoms with Gasteiger partial charge in [-0.2, -0.15) is 0 Å². The van der Waals surface area contributed by atoms with Gasteiger partial charge in [-0.15, -0.1) is 0 Å². The molecule has 0 spiro atoms. The van der Waals surface area contributed by atoms with Crippen molar-refractivity contribution in [3.05, 3.63) is 0 Å². The van der Waals surface area contributed by atoms with Crippen LogP contribution in [-0.4, -0.2) is 25.2 Å². The zero-order chi connectivity index (χ0) is 16.4. The molecule has 0 radical (unpaired) electrons. The van der Waals surface area contributed by atoms with Crippen molar-refractivity contribution in [3.8, 4) is 0 Å². The first-order chi connectivity index (χ1) is 10.6. The van der Waals surface area contributed by atoms with Crippen molar-refractivity contribution in [2.45, 2.75) is 78.6 Å². The van der Waals surface area contributed by atoms with E-state index in [9.17, 15) is 9.59 Å². The molecular formula is C18H32O4. The molecule has 0 atom stereocenters. The van der Waals surface area contributed by atoms with Gasteiger partial charge in [0.05, 0.1) is 13.2 Å². The largest absolute Gasteiger partial charge is 0.465 e. The summed E-state index contributed by atoms with van der Waals surface area (Å²) in [5.74, 6) is -0.0770. The Morgan fingerprint density at radius 3 is 1.95 bits per heavy atom. The minimum atomic E-state index is -1.11. The van der Waals surface area contributed by atoms with Gasteiger partial charge in [0.25, 0.3) is 0 Å². The summed E-state index contributed by atoms with van der Waals surface area (Å²) in [6.07, 6.45) is 9.53. The number of hydrogen-bond acceptors (Lipinski definition) is 4. The molecule has 0 unspecified atom stereocenters. The molecule has 0 saturated heterocycles. The molecule has 0 amide bonds. The molecular weight excluding hydrogens is 280 g/mol. The van der Waals surface area contributed by atoms with E-state index in [2.05, 4.69) is 0 Å². The van der Waals surface area contributed by atoms with Crippen LogP contribution in [0.3, 0.4) is 0 Å². The summed E-state index contributed by atoms with van der Waals surface area (Å²) >= 11 is 0. The van der Waals surface area contributed by atoms with Crippen molar-refractivity contribution in [2.75, 3.05) is 13.2 Å². The number of esters is 2. The standard InChI is InChI=1S/C18H32O4/c1-4-18(16(19)21-5-2,17(20)22-6-3)14-10-13-15-11-8-7-9-12-15/h15H,4-14H2,1-3H3. The molecule has 4 nitrogen and oxygen atoms in total. The van der Waals surface area contributed by atoms with E-state index in [1.807, 2.05) is 6.92 Å². The Kier molecular flexibility index (Phi) is 8.51. The van der Waals surface area contributed by atoms with Crippen molar-refractivity contribution >= 4 is 11.9 Å². The highest BCUT2D eigenvalue weighted by molar-refractivity contribution is 6.00. The molecule has 4 heteroatoms. The van der Waals surface area contributed by atoms with Gasteiger partial charge in [-0.1, -0.05) is 51.9 Å². The highest BCUT2D eigenvalue weighted by Crippen LogP contribution is 2.35. The minimum absolute atomic E-state index is 0.294. The van der Waals surface area contributed by atoms with Crippen LogP contribution in [-0.2, 0) is 19.1 Å². The van der Waals surface area contributed by atoms with Crippen molar-refractivity contribution in [3.63, 3.8) is 0 Å². The highest BCUT2D eigenvalue weighted by atomic mass is 16.6. The van der Waals surface area contributed by atoms with Gasteiger partial charge < -0.3 is 9.47 Å². The predicted molar refractivity (Wildman–Crippen MR) is 86.4 cm³/mol. The predicted octanol–water partition coefficient (Wildman–Crippen LogP) is 4.26. The van der Waals surface area contributed by atoms with E-state index in [0.29, 0.717) is 26.1 Å². The number of rotatable bonds is 9. The van der Waals surface area contributed by atoms with Gasteiger partial charge in [0.15, 0.2) is 5.41 Å². The number of hydrogen-bond donors (Lipinski definition) is 0. The summed E-state index contributed by atoms with van der Waals surface area (Å²) in [7, 11) is 0. The molecule has 128 valence electrons. The van der Waals surface area contributed by atoms with Crippen molar-refractivity contribution in [1.82, 2.24) is 0 Å². The summed E-state index contributed by atoms with van der Waals surface area (Å²) in [6, 6.07) is 0. The molecule has 0 heterocycles. The summed E-state index contributed by atoms with van der Waals surface area (Å²) < 4.78 is 10.3. The summed E-state index contributed by atoms with van der Waals surface area (Å²) in [5, 5.41) is 0. The van der Waals surface area contributed by atoms with E-state index < -0.39 is 17.4 Å². The molecule has 1 rings (SSSR count). The van der Waals surface area contributed by atoms with Crippen LogP contribution in [0.15, 0.2) is 0 Å². The van der Waals surface area contributed by atoms with Crippen LogP contribution in [0.25, 0.3) is 0 Å². The van der Waals surface area contributed by atoms with E-state index in [0.717, 1.165) is 18.8 Å². The first-order valence-corrected chi connectivity index (χ1v) is 8.95. The highest BCUT2D eigenvalue weighted by Gasteiger charge is 2.46. The molecule has 0 aromatic carbocycles. The molecule has 1 aliphatic rings. The molecule has 0 bridgehead atoms. The SMILES string of the molecule is CCOC(=O)C(CC)(CCCC1CCCCC1)C(=O)OCC. The van der Waals surface area contributed by atoms with Crippen LogP contribution in [0.2, 0.25) is 0 Å². The van der Waals surface area contributed by atoms with Gasteiger partial charge in [0.2, 0.25) is 0 Å². The van der Waals surface area contributed by atoms with Crippen LogP contribution in [0.5, 0.6) is 0 Å². The van der Waals surface area contributed by atoms with Crippen molar-refractivity contribution in [2.24, 2.45) is 11.3 Å². The Bertz CT molecular complexity index is 327. The summed E-state index contributed by atoms with van der Waals surface area (Å²) in [4.78, 5) is 24.7. The first-order valence-electron chi connectivity index (χ1n) is 8.95. The third kappa shape index (κ3) is 4.99. The molecule has 1 saturated carbocycles. The van der Waals surface area contributed by atoms with E-state index in [1.54, 1.807) is 13.8 Å². The van der Waals surface area contributed by atoms with Gasteiger partial charge in [-0.05, 0) is 32.6 Å². The third-order valence-corrected chi connectivity index (χ3v) is 4.88. The second kappa shape index (κ2) is 9.86. The van der Waals surface area contributed by atoms with E-state index >= 15 is 0 Å². The Balaban J connectivity index is 2.66. The fraction of sp³-hybridized carbons (Fsp3) is 0.889. The van der Waals surface area contributed by atoms with Crippen LogP contribution >= 0.6 is 0 Å². The van der Waals surface area contributed by atoms with Gasteiger partial charge in [0, 0.05) is 0 Å². The zero-order valence-corrected chi connectivity index (χ0v) is 14.5. The van der Waals surface area contributed by atoms with E-state index in [-0.39, 0.29) is 0 Å². The lowest BCUT2D eigenvalue weighted by atomic mass is 9.78. The molecule has 1 fully saturated rings. The zero-order valence-electron chi connectivity index (χ0n) is 14.5. The van der Waals surface area contributed by atoms with Gasteiger partial charge in [-0.3, -0.25) is 9.59 Å². The Morgan fingerprint density at radius 1 is 0.955 bits per heavy atom. The third-order valence-electron chi connectivity index (χ3n) is 4.88. The monoisotopic (exact) mass is 312 g/mol. The maximum absolute atomic E-state index is 12.4. The first kappa shape index (κ1) is 19.0. The maximum atomic E-state index is 12.4. The average molecular weight is 312 g/mol. The molecule has 0 N–H and O–H groups in total. The number of carbonyl (C=O) groups is 2. The maximum Gasteiger partial charge on any atom is 0.323 e. The normalized spacial score (nSPS) is 16.3. The average Bonchev–Trinajstić information content (AvgIpc) is 2.53. The summed E-state index contributed by atoms with van der Waals surface area (Å²) in [6.45, 7) is 6.00. The van der Waals surface area contributed by atoms with Crippen LogP contribution < -0.4 is 0 Å². The second-order valence-corrected chi connectivity index (χ2v) is 6.27. The Hall–Kier alpha value is -1.06.